The normalized spacial score (nSPS) is 15.5. The number of aromatic nitrogens is 2. The molecule has 0 aliphatic carbocycles. The minimum atomic E-state index is -0.574. The van der Waals surface area contributed by atoms with E-state index in [0.717, 1.165) is 17.3 Å². The van der Waals surface area contributed by atoms with Crippen LogP contribution in [-0.2, 0) is 14.9 Å². The minimum Gasteiger partial charge on any atom is -0.459 e. The van der Waals surface area contributed by atoms with E-state index >= 15 is 0 Å². The Kier molecular flexibility index (Phi) is 5.78. The number of nitrogens with zero attached hydrogens (tertiary/aromatic N) is 2. The Labute approximate surface area is 180 Å². The van der Waals surface area contributed by atoms with E-state index in [1.807, 2.05) is 20.8 Å². The molecule has 0 atom stereocenters. The van der Waals surface area contributed by atoms with Gasteiger partial charge >= 0.3 is 5.97 Å². The third-order valence-corrected chi connectivity index (χ3v) is 5.34. The van der Waals surface area contributed by atoms with Gasteiger partial charge < -0.3 is 9.64 Å². The van der Waals surface area contributed by atoms with Crippen LogP contribution in [0.3, 0.4) is 0 Å². The summed E-state index contributed by atoms with van der Waals surface area (Å²) in [5.74, 6) is -1.49. The highest BCUT2D eigenvalue weighted by atomic mass is 35.5. The molecule has 0 radical (unpaired) electrons. The molecular formula is C22H25ClFN3O3. The maximum atomic E-state index is 13.8. The lowest BCUT2D eigenvalue weighted by atomic mass is 9.82. The van der Waals surface area contributed by atoms with Gasteiger partial charge in [0.2, 0.25) is 0 Å². The lowest BCUT2D eigenvalue weighted by molar-refractivity contribution is -0.140. The Morgan fingerprint density at radius 1 is 1.30 bits per heavy atom. The molecule has 0 saturated carbocycles. The molecule has 1 aromatic heterocycles. The average molecular weight is 434 g/mol. The maximum Gasteiger partial charge on any atom is 0.342 e. The first-order valence-corrected chi connectivity index (χ1v) is 10.1. The van der Waals surface area contributed by atoms with E-state index < -0.39 is 23.1 Å². The van der Waals surface area contributed by atoms with Crippen LogP contribution in [-0.4, -0.2) is 39.6 Å². The number of nitrogens with one attached hydrogen (secondary N) is 1. The number of carbonyl (C=O) groups is 2. The smallest absolute Gasteiger partial charge is 0.342 e. The van der Waals surface area contributed by atoms with Crippen LogP contribution in [0.2, 0.25) is 5.02 Å². The summed E-state index contributed by atoms with van der Waals surface area (Å²) in [6.07, 6.45) is 1.12. The van der Waals surface area contributed by atoms with Crippen LogP contribution in [0.5, 0.6) is 0 Å². The number of amides is 1. The van der Waals surface area contributed by atoms with Gasteiger partial charge in [0.05, 0.1) is 16.7 Å². The van der Waals surface area contributed by atoms with Crippen LogP contribution in [0.25, 0.3) is 5.57 Å². The van der Waals surface area contributed by atoms with Crippen LogP contribution in [0.15, 0.2) is 18.3 Å². The first-order chi connectivity index (χ1) is 13.9. The van der Waals surface area contributed by atoms with Crippen molar-refractivity contribution in [3.05, 3.63) is 57.3 Å². The van der Waals surface area contributed by atoms with Crippen LogP contribution in [0.4, 0.5) is 4.39 Å². The second-order valence-corrected chi connectivity index (χ2v) is 8.87. The number of halogens is 2. The number of hydrogen-bond donors (Lipinski definition) is 1. The molecule has 0 unspecified atom stereocenters. The van der Waals surface area contributed by atoms with Crippen molar-refractivity contribution in [2.45, 2.75) is 53.1 Å². The Balaban J connectivity index is 2.15. The summed E-state index contributed by atoms with van der Waals surface area (Å²) in [5.41, 5.74) is 2.23. The molecule has 2 aromatic rings. The number of H-pyrrole nitrogens is 1. The van der Waals surface area contributed by atoms with E-state index in [0.29, 0.717) is 11.3 Å². The predicted octanol–water partition coefficient (Wildman–Crippen LogP) is 4.55. The number of esters is 1. The zero-order chi connectivity index (χ0) is 22.4. The first-order valence-electron chi connectivity index (χ1n) is 9.67. The Bertz CT molecular complexity index is 1060. The average Bonchev–Trinajstić information content (AvgIpc) is 2.96. The number of rotatable bonds is 3. The van der Waals surface area contributed by atoms with E-state index in [-0.39, 0.29) is 28.8 Å². The summed E-state index contributed by atoms with van der Waals surface area (Å²) < 4.78 is 19.2. The molecule has 0 bridgehead atoms. The zero-order valence-corrected chi connectivity index (χ0v) is 18.6. The molecule has 160 valence electrons. The van der Waals surface area contributed by atoms with Gasteiger partial charge in [-0.05, 0) is 45.4 Å². The number of aromatic amines is 1. The summed E-state index contributed by atoms with van der Waals surface area (Å²) in [6, 6.07) is 2.54. The van der Waals surface area contributed by atoms with Crippen molar-refractivity contribution >= 4 is 29.1 Å². The number of hydrogen-bond acceptors (Lipinski definition) is 4. The van der Waals surface area contributed by atoms with Crippen molar-refractivity contribution in [1.29, 1.82) is 0 Å². The van der Waals surface area contributed by atoms with E-state index in [1.54, 1.807) is 20.8 Å². The fraction of sp³-hybridized carbons (Fsp3) is 0.409. The molecule has 1 aromatic carbocycles. The van der Waals surface area contributed by atoms with Gasteiger partial charge in [0.25, 0.3) is 5.91 Å². The lowest BCUT2D eigenvalue weighted by Gasteiger charge is -2.29. The van der Waals surface area contributed by atoms with Crippen molar-refractivity contribution in [2.24, 2.45) is 0 Å². The van der Waals surface area contributed by atoms with Crippen molar-refractivity contribution < 1.29 is 18.7 Å². The molecule has 30 heavy (non-hydrogen) atoms. The van der Waals surface area contributed by atoms with Crippen molar-refractivity contribution in [3.8, 4) is 0 Å². The Morgan fingerprint density at radius 2 is 1.97 bits per heavy atom. The van der Waals surface area contributed by atoms with E-state index in [9.17, 15) is 14.0 Å². The number of aryl methyl sites for hydroxylation is 2. The highest BCUT2D eigenvalue weighted by molar-refractivity contribution is 6.34. The fourth-order valence-corrected chi connectivity index (χ4v) is 3.98. The van der Waals surface area contributed by atoms with E-state index in [4.69, 9.17) is 16.3 Å². The highest BCUT2D eigenvalue weighted by Gasteiger charge is 2.38. The topological polar surface area (TPSA) is 75.3 Å². The van der Waals surface area contributed by atoms with Crippen molar-refractivity contribution in [1.82, 2.24) is 15.1 Å². The zero-order valence-electron chi connectivity index (χ0n) is 17.9. The van der Waals surface area contributed by atoms with Gasteiger partial charge in [-0.25, -0.2) is 9.18 Å². The highest BCUT2D eigenvalue weighted by Crippen LogP contribution is 2.37. The van der Waals surface area contributed by atoms with Crippen LogP contribution in [0.1, 0.15) is 60.6 Å². The molecule has 1 N–H and O–H groups in total. The molecule has 0 fully saturated rings. The molecule has 2 heterocycles. The summed E-state index contributed by atoms with van der Waals surface area (Å²) in [6.45, 7) is 11.1. The minimum absolute atomic E-state index is 0.0134. The monoisotopic (exact) mass is 433 g/mol. The van der Waals surface area contributed by atoms with Crippen molar-refractivity contribution in [3.63, 3.8) is 0 Å². The largest absolute Gasteiger partial charge is 0.459 e. The molecule has 0 spiro atoms. The summed E-state index contributed by atoms with van der Waals surface area (Å²) >= 11 is 6.17. The maximum absolute atomic E-state index is 13.8. The van der Waals surface area contributed by atoms with Gasteiger partial charge in [-0.1, -0.05) is 25.4 Å². The third kappa shape index (κ3) is 3.99. The van der Waals surface area contributed by atoms with Crippen molar-refractivity contribution in [2.75, 3.05) is 6.54 Å². The van der Waals surface area contributed by atoms with Gasteiger partial charge in [0.1, 0.15) is 17.1 Å². The second kappa shape index (κ2) is 7.87. The predicted molar refractivity (Wildman–Crippen MR) is 113 cm³/mol. The van der Waals surface area contributed by atoms with Gasteiger partial charge in [-0.2, -0.15) is 5.10 Å². The van der Waals surface area contributed by atoms with Crippen LogP contribution in [0, 0.1) is 19.7 Å². The molecule has 6 nitrogen and oxygen atoms in total. The van der Waals surface area contributed by atoms with Gasteiger partial charge in [0.15, 0.2) is 0 Å². The number of ether oxygens (including phenoxy) is 1. The first kappa shape index (κ1) is 22.0. The Morgan fingerprint density at radius 3 is 2.60 bits per heavy atom. The molecule has 0 saturated heterocycles. The van der Waals surface area contributed by atoms with Gasteiger partial charge in [0, 0.05) is 29.4 Å². The standard InChI is InChI=1S/C22H25ClFN3O3/c1-11(2)30-21(29)15-9-27(10-22(5,6)18-13(4)25-26-19(15)18)20(28)14-7-12(3)17(24)8-16(14)23/h7-9,11H,10H2,1-6H3,(H,25,26). The van der Waals surface area contributed by atoms with Gasteiger partial charge in [-0.15, -0.1) is 0 Å². The third-order valence-electron chi connectivity index (χ3n) is 5.03. The molecule has 1 aliphatic rings. The summed E-state index contributed by atoms with van der Waals surface area (Å²) in [4.78, 5) is 27.7. The summed E-state index contributed by atoms with van der Waals surface area (Å²) in [5, 5.41) is 7.27. The molecule has 1 aliphatic heterocycles. The van der Waals surface area contributed by atoms with Gasteiger partial charge in [-0.3, -0.25) is 9.89 Å². The van der Waals surface area contributed by atoms with E-state index in [1.165, 1.54) is 17.2 Å². The molecule has 8 heteroatoms. The Hall–Kier alpha value is -2.67. The second-order valence-electron chi connectivity index (χ2n) is 8.47. The van der Waals surface area contributed by atoms with E-state index in [2.05, 4.69) is 10.2 Å². The molecule has 3 rings (SSSR count). The number of fused-ring (bicyclic) bond motifs is 1. The number of carbonyl (C=O) groups excluding carboxylic acids is 2. The quantitative estimate of drug-likeness (QED) is 0.721. The molecular weight excluding hydrogens is 409 g/mol. The number of benzene rings is 1. The fourth-order valence-electron chi connectivity index (χ4n) is 3.75. The summed E-state index contributed by atoms with van der Waals surface area (Å²) in [7, 11) is 0. The SMILES string of the molecule is Cc1cc(C(=O)N2C=C(C(=O)OC(C)C)c3n[nH]c(C)c3C(C)(C)C2)c(Cl)cc1F. The molecule has 1 amide bonds. The van der Waals surface area contributed by atoms with Crippen LogP contribution >= 0.6 is 11.6 Å². The lowest BCUT2D eigenvalue weighted by Crippen LogP contribution is -2.37. The van der Waals surface area contributed by atoms with Crippen LogP contribution < -0.4 is 0 Å².